The molecule has 6 heteroatoms. The molecule has 1 N–H and O–H groups in total. The van der Waals surface area contributed by atoms with Gasteiger partial charge in [0.25, 0.3) is 0 Å². The number of allylic oxidation sites excluding steroid dienone is 3. The third-order valence-corrected chi connectivity index (χ3v) is 5.74. The van der Waals surface area contributed by atoms with Gasteiger partial charge in [0.15, 0.2) is 5.78 Å². The maximum Gasteiger partial charge on any atom is 0.336 e. The van der Waals surface area contributed by atoms with Gasteiger partial charge in [0.2, 0.25) is 0 Å². The van der Waals surface area contributed by atoms with E-state index in [1.165, 1.54) is 7.11 Å². The number of benzene rings is 1. The fourth-order valence-electron chi connectivity index (χ4n) is 4.38. The van der Waals surface area contributed by atoms with Gasteiger partial charge in [-0.3, -0.25) is 9.59 Å². The lowest BCUT2D eigenvalue weighted by atomic mass is 9.68. The number of ketones is 1. The van der Waals surface area contributed by atoms with E-state index in [1.54, 1.807) is 6.92 Å². The average molecular weight is 397 g/mol. The lowest BCUT2D eigenvalue weighted by Gasteiger charge is -2.38. The zero-order valence-corrected chi connectivity index (χ0v) is 17.5. The summed E-state index contributed by atoms with van der Waals surface area (Å²) in [4.78, 5) is 38.8. The van der Waals surface area contributed by atoms with Crippen LogP contribution in [0.5, 0.6) is 0 Å². The minimum absolute atomic E-state index is 0.198. The van der Waals surface area contributed by atoms with E-state index >= 15 is 0 Å². The van der Waals surface area contributed by atoms with Crippen LogP contribution in [0.15, 0.2) is 46.8 Å². The quantitative estimate of drug-likeness (QED) is 0.621. The summed E-state index contributed by atoms with van der Waals surface area (Å²) in [5.74, 6) is -2.95. The maximum absolute atomic E-state index is 13.5. The number of ether oxygens (including phenoxy) is 2. The molecule has 154 valence electrons. The van der Waals surface area contributed by atoms with Crippen molar-refractivity contribution < 1.29 is 23.9 Å². The fourth-order valence-corrected chi connectivity index (χ4v) is 4.38. The summed E-state index contributed by atoms with van der Waals surface area (Å²) < 4.78 is 10.2. The molecule has 0 radical (unpaired) electrons. The van der Waals surface area contributed by atoms with Crippen LogP contribution in [0.2, 0.25) is 0 Å². The molecule has 0 aromatic heterocycles. The minimum atomic E-state index is -0.881. The predicted octanol–water partition coefficient (Wildman–Crippen LogP) is 3.17. The number of nitrogens with one attached hydrogen (secondary N) is 1. The molecule has 0 fully saturated rings. The minimum Gasteiger partial charge on any atom is -0.468 e. The molecule has 1 heterocycles. The highest BCUT2D eigenvalue weighted by Gasteiger charge is 2.47. The van der Waals surface area contributed by atoms with E-state index in [0.29, 0.717) is 23.3 Å². The van der Waals surface area contributed by atoms with Gasteiger partial charge < -0.3 is 14.8 Å². The number of rotatable bonds is 4. The van der Waals surface area contributed by atoms with E-state index in [-0.39, 0.29) is 18.3 Å². The Kier molecular flexibility index (Phi) is 5.91. The van der Waals surface area contributed by atoms with E-state index < -0.39 is 23.8 Å². The zero-order valence-electron chi connectivity index (χ0n) is 17.5. The Balaban J connectivity index is 2.21. The van der Waals surface area contributed by atoms with Gasteiger partial charge in [-0.25, -0.2) is 4.79 Å². The lowest BCUT2D eigenvalue weighted by molar-refractivity contribution is -0.151. The summed E-state index contributed by atoms with van der Waals surface area (Å²) in [6, 6.07) is 7.67. The zero-order chi connectivity index (χ0) is 21.3. The van der Waals surface area contributed by atoms with Crippen LogP contribution < -0.4 is 5.32 Å². The van der Waals surface area contributed by atoms with E-state index in [2.05, 4.69) is 5.32 Å². The van der Waals surface area contributed by atoms with Crippen molar-refractivity contribution in [3.8, 4) is 0 Å². The Hall–Kier alpha value is -2.89. The maximum atomic E-state index is 13.5. The number of esters is 2. The second-order valence-corrected chi connectivity index (χ2v) is 7.61. The number of carbonyl (C=O) groups excluding carboxylic acids is 3. The number of Topliss-reactive ketones (excluding diaryl/α,β-unsaturated/α-hetero) is 1. The van der Waals surface area contributed by atoms with Gasteiger partial charge in [0.05, 0.1) is 19.3 Å². The number of hydrogen-bond donors (Lipinski definition) is 1. The molecule has 6 nitrogen and oxygen atoms in total. The molecule has 1 aromatic rings. The highest BCUT2D eigenvalue weighted by Crippen LogP contribution is 2.46. The topological polar surface area (TPSA) is 81.7 Å². The van der Waals surface area contributed by atoms with Crippen molar-refractivity contribution in [2.24, 2.45) is 11.8 Å². The number of hydrogen-bond acceptors (Lipinski definition) is 6. The van der Waals surface area contributed by atoms with E-state index in [0.717, 1.165) is 16.8 Å². The molecular formula is C23H27NO5. The van der Waals surface area contributed by atoms with Crippen molar-refractivity contribution in [3.63, 3.8) is 0 Å². The van der Waals surface area contributed by atoms with Crippen molar-refractivity contribution in [1.29, 1.82) is 0 Å². The Morgan fingerprint density at radius 2 is 1.90 bits per heavy atom. The normalized spacial score (nSPS) is 24.0. The first-order valence-electron chi connectivity index (χ1n) is 9.87. The molecule has 0 unspecified atom stereocenters. The first kappa shape index (κ1) is 20.8. The van der Waals surface area contributed by atoms with Crippen LogP contribution in [-0.2, 0) is 23.9 Å². The van der Waals surface area contributed by atoms with Gasteiger partial charge >= 0.3 is 11.9 Å². The third-order valence-electron chi connectivity index (χ3n) is 5.74. The Morgan fingerprint density at radius 1 is 1.21 bits per heavy atom. The van der Waals surface area contributed by atoms with Crippen molar-refractivity contribution in [3.05, 3.63) is 57.9 Å². The third kappa shape index (κ3) is 3.59. The predicted molar refractivity (Wildman–Crippen MR) is 108 cm³/mol. The molecule has 1 aromatic carbocycles. The van der Waals surface area contributed by atoms with E-state index in [9.17, 15) is 14.4 Å². The summed E-state index contributed by atoms with van der Waals surface area (Å²) in [6.45, 7) is 7.62. The van der Waals surface area contributed by atoms with Crippen molar-refractivity contribution in [2.45, 2.75) is 40.0 Å². The number of aryl methyl sites for hydroxylation is 1. The SMILES string of the molecule is CCOC(=O)C1=C(C)NC2=C(C(=O)[C@H](C(=O)OC)[C@H](C)C2)[C@H]1c1ccccc1C. The van der Waals surface area contributed by atoms with Gasteiger partial charge in [-0.1, -0.05) is 31.2 Å². The first-order valence-corrected chi connectivity index (χ1v) is 9.87. The summed E-state index contributed by atoms with van der Waals surface area (Å²) >= 11 is 0. The highest BCUT2D eigenvalue weighted by atomic mass is 16.5. The van der Waals surface area contributed by atoms with Gasteiger partial charge in [0.1, 0.15) is 5.92 Å². The summed E-state index contributed by atoms with van der Waals surface area (Å²) in [5.41, 5.74) is 4.12. The van der Waals surface area contributed by atoms with Crippen LogP contribution in [0.25, 0.3) is 0 Å². The second-order valence-electron chi connectivity index (χ2n) is 7.61. The molecular weight excluding hydrogens is 370 g/mol. The van der Waals surface area contributed by atoms with Gasteiger partial charge in [-0.05, 0) is 44.2 Å². The Bertz CT molecular complexity index is 927. The number of carbonyl (C=O) groups is 3. The van der Waals surface area contributed by atoms with Gasteiger partial charge in [-0.2, -0.15) is 0 Å². The van der Waals surface area contributed by atoms with E-state index in [4.69, 9.17) is 9.47 Å². The Labute approximate surface area is 171 Å². The molecule has 1 aliphatic heterocycles. The molecule has 3 rings (SSSR count). The van der Waals surface area contributed by atoms with Gasteiger partial charge in [-0.15, -0.1) is 0 Å². The van der Waals surface area contributed by atoms with Crippen LogP contribution >= 0.6 is 0 Å². The summed E-state index contributed by atoms with van der Waals surface area (Å²) in [6.07, 6.45) is 0.524. The Morgan fingerprint density at radius 3 is 2.52 bits per heavy atom. The lowest BCUT2D eigenvalue weighted by Crippen LogP contribution is -2.43. The molecule has 0 saturated carbocycles. The molecule has 0 amide bonds. The molecule has 2 aliphatic rings. The largest absolute Gasteiger partial charge is 0.468 e. The molecule has 0 bridgehead atoms. The molecule has 0 spiro atoms. The average Bonchev–Trinajstić information content (AvgIpc) is 2.67. The van der Waals surface area contributed by atoms with E-state index in [1.807, 2.05) is 45.0 Å². The van der Waals surface area contributed by atoms with Crippen molar-refractivity contribution in [1.82, 2.24) is 5.32 Å². The van der Waals surface area contributed by atoms with Crippen LogP contribution in [0.1, 0.15) is 44.2 Å². The molecule has 0 saturated heterocycles. The number of dihydropyridines is 1. The summed E-state index contributed by atoms with van der Waals surface area (Å²) in [7, 11) is 1.29. The monoisotopic (exact) mass is 397 g/mol. The second kappa shape index (κ2) is 8.23. The highest BCUT2D eigenvalue weighted by molar-refractivity contribution is 6.12. The molecule has 1 aliphatic carbocycles. The fraction of sp³-hybridized carbons (Fsp3) is 0.435. The van der Waals surface area contributed by atoms with Crippen LogP contribution in [0, 0.1) is 18.8 Å². The van der Waals surface area contributed by atoms with Gasteiger partial charge in [0, 0.05) is 22.9 Å². The van der Waals surface area contributed by atoms with Crippen molar-refractivity contribution in [2.75, 3.05) is 13.7 Å². The molecule has 29 heavy (non-hydrogen) atoms. The van der Waals surface area contributed by atoms with Crippen LogP contribution in [-0.4, -0.2) is 31.4 Å². The standard InChI is InChI=1S/C23H27NO5/c1-6-29-23(27)18-14(4)24-16-11-13(3)17(22(26)28-5)21(25)20(16)19(18)15-10-8-7-9-12(15)2/h7-10,13,17,19,24H,6,11H2,1-5H3/t13-,17-,19+/m1/s1. The summed E-state index contributed by atoms with van der Waals surface area (Å²) in [5, 5.41) is 3.25. The van der Waals surface area contributed by atoms with Crippen LogP contribution in [0.3, 0.4) is 0 Å². The first-order chi connectivity index (χ1) is 13.8. The number of methoxy groups -OCH3 is 1. The van der Waals surface area contributed by atoms with Crippen LogP contribution in [0.4, 0.5) is 0 Å². The smallest absolute Gasteiger partial charge is 0.336 e. The molecule has 3 atom stereocenters. The van der Waals surface area contributed by atoms with Crippen molar-refractivity contribution >= 4 is 17.7 Å².